The van der Waals surface area contributed by atoms with E-state index in [-0.39, 0.29) is 17.8 Å². The van der Waals surface area contributed by atoms with Gasteiger partial charge in [0, 0.05) is 11.6 Å². The summed E-state index contributed by atoms with van der Waals surface area (Å²) in [6.07, 6.45) is 1.89. The van der Waals surface area contributed by atoms with Gasteiger partial charge in [-0.25, -0.2) is 4.79 Å². The molecule has 0 saturated carbocycles. The van der Waals surface area contributed by atoms with E-state index in [1.807, 2.05) is 18.2 Å². The van der Waals surface area contributed by atoms with Crippen molar-refractivity contribution in [1.82, 2.24) is 0 Å². The fourth-order valence-electron chi connectivity index (χ4n) is 2.82. The number of carbonyl (C=O) groups excluding carboxylic acids is 2. The van der Waals surface area contributed by atoms with Crippen molar-refractivity contribution in [2.24, 2.45) is 0 Å². The van der Waals surface area contributed by atoms with Gasteiger partial charge in [-0.15, -0.1) is 0 Å². The second kappa shape index (κ2) is 10.4. The summed E-state index contributed by atoms with van der Waals surface area (Å²) in [5.41, 5.74) is 2.29. The van der Waals surface area contributed by atoms with E-state index in [0.717, 1.165) is 5.56 Å². The van der Waals surface area contributed by atoms with Crippen LogP contribution < -0.4 is 9.47 Å². The molecule has 0 bridgehead atoms. The second-order valence-electron chi connectivity index (χ2n) is 7.96. The Morgan fingerprint density at radius 1 is 1.10 bits per heavy atom. The molecule has 2 rings (SSSR count). The number of carbonyl (C=O) groups is 2. The Bertz CT molecular complexity index is 994. The topological polar surface area (TPSA) is 85.6 Å². The van der Waals surface area contributed by atoms with E-state index < -0.39 is 12.1 Å². The molecule has 162 valence electrons. The highest BCUT2D eigenvalue weighted by Crippen LogP contribution is 2.28. The van der Waals surface area contributed by atoms with Crippen LogP contribution in [0, 0.1) is 11.3 Å². The molecular formula is C25H27NO5. The number of ether oxygens (including phenoxy) is 3. The first kappa shape index (κ1) is 23.7. The smallest absolute Gasteiger partial charge is 0.331 e. The molecule has 0 spiro atoms. The summed E-state index contributed by atoms with van der Waals surface area (Å²) in [7, 11) is 1.48. The molecule has 2 aromatic rings. The lowest BCUT2D eigenvalue weighted by Gasteiger charge is -2.19. The number of nitriles is 1. The average Bonchev–Trinajstić information content (AvgIpc) is 2.75. The number of nitrogens with zero attached hydrogens (tertiary/aromatic N) is 1. The molecule has 6 nitrogen and oxygen atoms in total. The predicted molar refractivity (Wildman–Crippen MR) is 118 cm³/mol. The maximum Gasteiger partial charge on any atom is 0.331 e. The Kier molecular flexibility index (Phi) is 7.98. The zero-order valence-corrected chi connectivity index (χ0v) is 18.5. The van der Waals surface area contributed by atoms with Crippen LogP contribution in [-0.4, -0.2) is 31.6 Å². The number of rotatable bonds is 8. The van der Waals surface area contributed by atoms with Crippen molar-refractivity contribution in [2.75, 3.05) is 13.7 Å². The molecule has 0 aliphatic carbocycles. The van der Waals surface area contributed by atoms with Gasteiger partial charge in [0.1, 0.15) is 6.07 Å². The highest BCUT2D eigenvalue weighted by molar-refractivity contribution is 6.01. The molecule has 0 aliphatic rings. The third-order valence-corrected chi connectivity index (χ3v) is 4.59. The summed E-state index contributed by atoms with van der Waals surface area (Å²) < 4.78 is 15.8. The molecule has 0 amide bonds. The number of esters is 1. The van der Waals surface area contributed by atoms with Gasteiger partial charge in [-0.2, -0.15) is 5.26 Å². The summed E-state index contributed by atoms with van der Waals surface area (Å²) in [6, 6.07) is 14.3. The lowest BCUT2D eigenvalue weighted by Crippen LogP contribution is -2.23. The molecular weight excluding hydrogens is 394 g/mol. The molecule has 0 radical (unpaired) electrons. The largest absolute Gasteiger partial charge is 0.493 e. The van der Waals surface area contributed by atoms with E-state index in [4.69, 9.17) is 19.5 Å². The van der Waals surface area contributed by atoms with Crippen LogP contribution in [0.1, 0.15) is 49.2 Å². The Hall–Kier alpha value is -3.59. The molecule has 1 atom stereocenters. The molecule has 2 aromatic carbocycles. The summed E-state index contributed by atoms with van der Waals surface area (Å²) in [4.78, 5) is 24.7. The molecule has 0 unspecified atom stereocenters. The number of Topliss-reactive ketones (excluding diaryl/α,β-unsaturated/α-hetero) is 1. The standard InChI is InChI=1S/C25H27NO5/c1-17(24(28)19-8-10-20(11-9-19)25(2,3)4)31-23(27)13-7-18-6-12-21(30-15-14-26)22(16-18)29-5/h6-13,16-17H,15H2,1-5H3/b13-7+/t17-/m0/s1. The van der Waals surface area contributed by atoms with Gasteiger partial charge in [-0.05, 0) is 41.7 Å². The number of hydrogen-bond donors (Lipinski definition) is 0. The predicted octanol–water partition coefficient (Wildman–Crippen LogP) is 4.72. The fraction of sp³-hybridized carbons (Fsp3) is 0.320. The van der Waals surface area contributed by atoms with E-state index in [1.165, 1.54) is 13.2 Å². The van der Waals surface area contributed by atoms with Crippen molar-refractivity contribution in [3.63, 3.8) is 0 Å². The number of methoxy groups -OCH3 is 1. The Morgan fingerprint density at radius 2 is 1.77 bits per heavy atom. The number of hydrogen-bond acceptors (Lipinski definition) is 6. The molecule has 31 heavy (non-hydrogen) atoms. The van der Waals surface area contributed by atoms with Crippen LogP contribution in [0.4, 0.5) is 0 Å². The summed E-state index contributed by atoms with van der Waals surface area (Å²) >= 11 is 0. The Morgan fingerprint density at radius 3 is 2.35 bits per heavy atom. The van der Waals surface area contributed by atoms with Gasteiger partial charge in [-0.3, -0.25) is 4.79 Å². The highest BCUT2D eigenvalue weighted by atomic mass is 16.5. The first-order valence-corrected chi connectivity index (χ1v) is 9.87. The van der Waals surface area contributed by atoms with Crippen LogP contribution in [0.5, 0.6) is 11.5 Å². The number of benzene rings is 2. The van der Waals surface area contributed by atoms with Crippen molar-refractivity contribution in [3.05, 3.63) is 65.2 Å². The van der Waals surface area contributed by atoms with Gasteiger partial charge in [-0.1, -0.05) is 51.1 Å². The van der Waals surface area contributed by atoms with Crippen LogP contribution in [-0.2, 0) is 14.9 Å². The van der Waals surface area contributed by atoms with Crippen molar-refractivity contribution in [2.45, 2.75) is 39.2 Å². The van der Waals surface area contributed by atoms with Crippen molar-refractivity contribution in [3.8, 4) is 17.6 Å². The maximum atomic E-state index is 12.6. The molecule has 0 aromatic heterocycles. The minimum atomic E-state index is -0.908. The highest BCUT2D eigenvalue weighted by Gasteiger charge is 2.20. The van der Waals surface area contributed by atoms with Crippen molar-refractivity contribution in [1.29, 1.82) is 5.26 Å². The van der Waals surface area contributed by atoms with Crippen molar-refractivity contribution >= 4 is 17.8 Å². The fourth-order valence-corrected chi connectivity index (χ4v) is 2.82. The normalized spacial score (nSPS) is 12.1. The van der Waals surface area contributed by atoms with Gasteiger partial charge < -0.3 is 14.2 Å². The van der Waals surface area contributed by atoms with Gasteiger partial charge in [0.05, 0.1) is 7.11 Å². The van der Waals surface area contributed by atoms with Crippen molar-refractivity contribution < 1.29 is 23.8 Å². The Labute approximate surface area is 183 Å². The zero-order valence-electron chi connectivity index (χ0n) is 18.5. The lowest BCUT2D eigenvalue weighted by atomic mass is 9.86. The second-order valence-corrected chi connectivity index (χ2v) is 7.96. The Balaban J connectivity index is 2.00. The first-order chi connectivity index (χ1) is 14.7. The summed E-state index contributed by atoms with van der Waals surface area (Å²) in [6.45, 7) is 7.76. The van der Waals surface area contributed by atoms with Crippen LogP contribution in [0.2, 0.25) is 0 Å². The minimum absolute atomic E-state index is 0.00676. The summed E-state index contributed by atoms with van der Waals surface area (Å²) in [5, 5.41) is 8.62. The van der Waals surface area contributed by atoms with Gasteiger partial charge in [0.15, 0.2) is 24.2 Å². The van der Waals surface area contributed by atoms with Gasteiger partial charge >= 0.3 is 5.97 Å². The molecule has 6 heteroatoms. The van der Waals surface area contributed by atoms with E-state index in [2.05, 4.69) is 20.8 Å². The van der Waals surface area contributed by atoms with Crippen LogP contribution >= 0.6 is 0 Å². The molecule has 0 fully saturated rings. The van der Waals surface area contributed by atoms with E-state index >= 15 is 0 Å². The molecule has 0 N–H and O–H groups in total. The van der Waals surface area contributed by atoms with Gasteiger partial charge in [0.2, 0.25) is 5.78 Å². The minimum Gasteiger partial charge on any atom is -0.493 e. The third-order valence-electron chi connectivity index (χ3n) is 4.59. The SMILES string of the molecule is COc1cc(/C=C/C(=O)O[C@@H](C)C(=O)c2ccc(C(C)(C)C)cc2)ccc1OCC#N. The quantitative estimate of drug-likeness (QED) is 0.348. The number of ketones is 1. The molecule has 0 aliphatic heterocycles. The average molecular weight is 421 g/mol. The van der Waals surface area contributed by atoms with E-state index in [9.17, 15) is 9.59 Å². The zero-order chi connectivity index (χ0) is 23.0. The maximum absolute atomic E-state index is 12.6. The van der Waals surface area contributed by atoms with Crippen LogP contribution in [0.25, 0.3) is 6.08 Å². The first-order valence-electron chi connectivity index (χ1n) is 9.87. The molecule has 0 heterocycles. The monoisotopic (exact) mass is 421 g/mol. The lowest BCUT2D eigenvalue weighted by molar-refractivity contribution is -0.140. The third kappa shape index (κ3) is 6.71. The van der Waals surface area contributed by atoms with Gasteiger partial charge in [0.25, 0.3) is 0 Å². The van der Waals surface area contributed by atoms with Crippen LogP contribution in [0.3, 0.4) is 0 Å². The van der Waals surface area contributed by atoms with E-state index in [0.29, 0.717) is 22.6 Å². The van der Waals surface area contributed by atoms with E-state index in [1.54, 1.807) is 43.3 Å². The molecule has 0 saturated heterocycles. The summed E-state index contributed by atoms with van der Waals surface area (Å²) in [5.74, 6) is -0.0210. The van der Waals surface area contributed by atoms with Crippen LogP contribution in [0.15, 0.2) is 48.5 Å².